The first-order valence-corrected chi connectivity index (χ1v) is 10.5. The molecule has 0 saturated carbocycles. The Morgan fingerprint density at radius 2 is 1.48 bits per heavy atom. The summed E-state index contributed by atoms with van der Waals surface area (Å²) in [5.74, 6) is -0.667. The Hall–Kier alpha value is -3.24. The second-order valence-electron chi connectivity index (χ2n) is 8.49. The first kappa shape index (κ1) is 21.0. The van der Waals surface area contributed by atoms with Gasteiger partial charge < -0.3 is 10.0 Å². The molecule has 0 saturated heterocycles. The number of hydrogen-bond donors (Lipinski definition) is 1. The largest absolute Gasteiger partial charge is 0.375 e. The van der Waals surface area contributed by atoms with Crippen LogP contribution in [0.1, 0.15) is 50.2 Å². The fraction of sp³-hybridized carbons (Fsp3) is 0.259. The van der Waals surface area contributed by atoms with Crippen LogP contribution in [0.15, 0.2) is 60.7 Å². The van der Waals surface area contributed by atoms with Crippen LogP contribution in [0.5, 0.6) is 0 Å². The Morgan fingerprint density at radius 3 is 2.13 bits per heavy atom. The number of benzene rings is 3. The van der Waals surface area contributed by atoms with Crippen LogP contribution in [0.3, 0.4) is 0 Å². The van der Waals surface area contributed by atoms with Gasteiger partial charge in [-0.3, -0.25) is 9.59 Å². The molecular weight excluding hydrogens is 386 g/mol. The van der Waals surface area contributed by atoms with Crippen LogP contribution >= 0.6 is 0 Å². The van der Waals surface area contributed by atoms with E-state index in [1.807, 2.05) is 70.2 Å². The van der Waals surface area contributed by atoms with Gasteiger partial charge in [-0.15, -0.1) is 0 Å². The van der Waals surface area contributed by atoms with E-state index in [1.165, 1.54) is 0 Å². The van der Waals surface area contributed by atoms with Crippen molar-refractivity contribution < 1.29 is 14.7 Å². The molecule has 4 nitrogen and oxygen atoms in total. The number of rotatable bonds is 5. The van der Waals surface area contributed by atoms with E-state index in [9.17, 15) is 14.7 Å². The van der Waals surface area contributed by atoms with Gasteiger partial charge in [-0.1, -0.05) is 54.6 Å². The molecule has 31 heavy (non-hydrogen) atoms. The monoisotopic (exact) mass is 413 g/mol. The van der Waals surface area contributed by atoms with Crippen molar-refractivity contribution in [3.63, 3.8) is 0 Å². The van der Waals surface area contributed by atoms with Crippen LogP contribution in [0, 0.1) is 27.7 Å². The molecule has 4 heteroatoms. The number of fused-ring (bicyclic) bond motifs is 1. The van der Waals surface area contributed by atoms with E-state index in [1.54, 1.807) is 17.0 Å². The van der Waals surface area contributed by atoms with Gasteiger partial charge in [-0.2, -0.15) is 0 Å². The molecule has 0 spiro atoms. The molecule has 0 unspecified atom stereocenters. The highest BCUT2D eigenvalue weighted by Gasteiger charge is 2.51. The molecule has 1 aliphatic heterocycles. The SMILES string of the molecule is Cc1cc(C)c(C)c(C(=O)C[C@]2(O)C(=O)N(Cc3ccccc3)c3ccccc32)c1C. The summed E-state index contributed by atoms with van der Waals surface area (Å²) in [6.45, 7) is 8.14. The Bertz CT molecular complexity index is 1160. The standard InChI is InChI=1S/C27H27NO3/c1-17-14-18(2)20(4)25(19(17)3)24(29)15-27(31)22-12-8-9-13-23(22)28(26(27)30)16-21-10-6-5-7-11-21/h5-14,31H,15-16H2,1-4H3/t27-/m1/s1. The minimum absolute atomic E-state index is 0.214. The molecule has 1 N–H and O–H groups in total. The van der Waals surface area contributed by atoms with Crippen molar-refractivity contribution in [2.24, 2.45) is 0 Å². The molecule has 3 aromatic rings. The Balaban J connectivity index is 1.73. The van der Waals surface area contributed by atoms with E-state index in [-0.39, 0.29) is 12.2 Å². The fourth-order valence-electron chi connectivity index (χ4n) is 4.56. The number of Topliss-reactive ketones (excluding diaryl/α,β-unsaturated/α-hetero) is 1. The van der Waals surface area contributed by atoms with Crippen molar-refractivity contribution in [3.8, 4) is 0 Å². The van der Waals surface area contributed by atoms with Crippen LogP contribution in [-0.2, 0) is 16.9 Å². The molecule has 1 aliphatic rings. The van der Waals surface area contributed by atoms with Crippen LogP contribution < -0.4 is 4.90 Å². The highest BCUT2D eigenvalue weighted by atomic mass is 16.3. The average Bonchev–Trinajstić information content (AvgIpc) is 2.95. The number of hydrogen-bond acceptors (Lipinski definition) is 3. The quantitative estimate of drug-likeness (QED) is 0.604. The zero-order valence-corrected chi connectivity index (χ0v) is 18.4. The second kappa shape index (κ2) is 7.78. The first-order valence-electron chi connectivity index (χ1n) is 10.5. The third-order valence-corrected chi connectivity index (χ3v) is 6.48. The lowest BCUT2D eigenvalue weighted by molar-refractivity contribution is -0.136. The molecular formula is C27H27NO3. The minimum atomic E-state index is -1.88. The first-order chi connectivity index (χ1) is 14.7. The minimum Gasteiger partial charge on any atom is -0.375 e. The smallest absolute Gasteiger partial charge is 0.264 e. The van der Waals surface area contributed by atoms with Gasteiger partial charge in [0.2, 0.25) is 0 Å². The molecule has 3 aromatic carbocycles. The van der Waals surface area contributed by atoms with Crippen molar-refractivity contribution in [1.82, 2.24) is 0 Å². The third kappa shape index (κ3) is 3.47. The molecule has 1 amide bonds. The van der Waals surface area contributed by atoms with E-state index in [0.717, 1.165) is 27.8 Å². The highest BCUT2D eigenvalue weighted by Crippen LogP contribution is 2.44. The highest BCUT2D eigenvalue weighted by molar-refractivity contribution is 6.11. The number of ketones is 1. The summed E-state index contributed by atoms with van der Waals surface area (Å²) in [6, 6.07) is 18.9. The van der Waals surface area contributed by atoms with Crippen molar-refractivity contribution in [2.75, 3.05) is 4.90 Å². The Labute approximate surface area is 183 Å². The normalized spacial score (nSPS) is 17.7. The van der Waals surface area contributed by atoms with Gasteiger partial charge in [0.1, 0.15) is 0 Å². The molecule has 1 heterocycles. The predicted octanol–water partition coefficient (Wildman–Crippen LogP) is 4.93. The molecule has 0 aliphatic carbocycles. The van der Waals surface area contributed by atoms with Gasteiger partial charge in [0.15, 0.2) is 11.4 Å². The van der Waals surface area contributed by atoms with Crippen LogP contribution in [0.4, 0.5) is 5.69 Å². The van der Waals surface area contributed by atoms with Crippen molar-refractivity contribution in [1.29, 1.82) is 0 Å². The summed E-state index contributed by atoms with van der Waals surface area (Å²) in [7, 11) is 0. The number of anilines is 1. The van der Waals surface area contributed by atoms with Crippen LogP contribution in [0.25, 0.3) is 0 Å². The average molecular weight is 414 g/mol. The predicted molar refractivity (Wildman–Crippen MR) is 122 cm³/mol. The van der Waals surface area contributed by atoms with Gasteiger partial charge in [-0.25, -0.2) is 0 Å². The van der Waals surface area contributed by atoms with Crippen LogP contribution in [-0.4, -0.2) is 16.8 Å². The summed E-state index contributed by atoms with van der Waals surface area (Å²) in [6.07, 6.45) is -0.279. The fourth-order valence-corrected chi connectivity index (χ4v) is 4.56. The molecule has 0 radical (unpaired) electrons. The van der Waals surface area contributed by atoms with E-state index in [4.69, 9.17) is 0 Å². The van der Waals surface area contributed by atoms with E-state index in [2.05, 4.69) is 6.07 Å². The van der Waals surface area contributed by atoms with Gasteiger partial charge in [-0.05, 0) is 61.6 Å². The molecule has 0 bridgehead atoms. The van der Waals surface area contributed by atoms with Gasteiger partial charge in [0, 0.05) is 11.1 Å². The number of aliphatic hydroxyl groups is 1. The molecule has 0 aromatic heterocycles. The maximum atomic E-state index is 13.5. The van der Waals surface area contributed by atoms with Gasteiger partial charge in [0.05, 0.1) is 18.7 Å². The number of para-hydroxylation sites is 1. The van der Waals surface area contributed by atoms with Crippen LogP contribution in [0.2, 0.25) is 0 Å². The van der Waals surface area contributed by atoms with E-state index in [0.29, 0.717) is 23.4 Å². The van der Waals surface area contributed by atoms with Gasteiger partial charge in [0.25, 0.3) is 5.91 Å². The summed E-state index contributed by atoms with van der Waals surface area (Å²) in [5.41, 5.74) is 4.70. The number of carbonyl (C=O) groups is 2. The number of carbonyl (C=O) groups excluding carboxylic acids is 2. The Kier molecular flexibility index (Phi) is 5.28. The second-order valence-corrected chi connectivity index (χ2v) is 8.49. The maximum Gasteiger partial charge on any atom is 0.264 e. The summed E-state index contributed by atoms with van der Waals surface area (Å²) >= 11 is 0. The zero-order valence-electron chi connectivity index (χ0n) is 18.4. The Morgan fingerprint density at radius 1 is 0.903 bits per heavy atom. The lowest BCUT2D eigenvalue weighted by Crippen LogP contribution is -2.41. The molecule has 1 atom stereocenters. The maximum absolute atomic E-state index is 13.5. The van der Waals surface area contributed by atoms with Crippen molar-refractivity contribution in [2.45, 2.75) is 46.3 Å². The zero-order chi connectivity index (χ0) is 22.3. The van der Waals surface area contributed by atoms with Gasteiger partial charge >= 0.3 is 0 Å². The molecule has 0 fully saturated rings. The number of aryl methyl sites for hydroxylation is 2. The van der Waals surface area contributed by atoms with E-state index < -0.39 is 11.5 Å². The number of nitrogens with zero attached hydrogens (tertiary/aromatic N) is 1. The lowest BCUT2D eigenvalue weighted by Gasteiger charge is -2.24. The van der Waals surface area contributed by atoms with E-state index >= 15 is 0 Å². The number of amides is 1. The topological polar surface area (TPSA) is 57.6 Å². The molecule has 158 valence electrons. The lowest BCUT2D eigenvalue weighted by atomic mass is 9.84. The summed E-state index contributed by atoms with van der Waals surface area (Å²) in [4.78, 5) is 28.5. The molecule has 4 rings (SSSR count). The van der Waals surface area contributed by atoms with Crippen molar-refractivity contribution >= 4 is 17.4 Å². The third-order valence-electron chi connectivity index (χ3n) is 6.48. The van der Waals surface area contributed by atoms with Crippen molar-refractivity contribution in [3.05, 3.63) is 99.6 Å². The summed E-state index contributed by atoms with van der Waals surface area (Å²) in [5, 5.41) is 11.6. The summed E-state index contributed by atoms with van der Waals surface area (Å²) < 4.78 is 0.